The van der Waals surface area contributed by atoms with Gasteiger partial charge in [0.05, 0.1) is 6.04 Å². The third-order valence-corrected chi connectivity index (χ3v) is 9.27. The van der Waals surface area contributed by atoms with Gasteiger partial charge in [0.15, 0.2) is 0 Å². The van der Waals surface area contributed by atoms with Crippen molar-refractivity contribution in [2.45, 2.75) is 24.9 Å². The van der Waals surface area contributed by atoms with E-state index in [0.29, 0.717) is 17.3 Å². The lowest BCUT2D eigenvalue weighted by Gasteiger charge is -2.41. The van der Waals surface area contributed by atoms with Crippen molar-refractivity contribution in [3.8, 4) is 16.9 Å². The number of rotatable bonds is 7. The van der Waals surface area contributed by atoms with Gasteiger partial charge in [-0.15, -0.1) is 0 Å². The number of hydrogen-bond donors (Lipinski definition) is 4. The maximum absolute atomic E-state index is 14.3. The highest BCUT2D eigenvalue weighted by Crippen LogP contribution is 2.32. The molecule has 8 heteroatoms. The Morgan fingerprint density at radius 1 is 0.844 bits per heavy atom. The number of fused-ring (bicyclic) bond motifs is 1. The summed E-state index contributed by atoms with van der Waals surface area (Å²) in [6.45, 7) is 6.48. The fraction of sp³-hybridized carbons (Fsp3) is 0.270. The van der Waals surface area contributed by atoms with Crippen LogP contribution in [0, 0.1) is 5.82 Å². The zero-order valence-electron chi connectivity index (χ0n) is 25.2. The van der Waals surface area contributed by atoms with Crippen LogP contribution in [0.3, 0.4) is 0 Å². The molecule has 45 heavy (non-hydrogen) atoms. The first-order chi connectivity index (χ1) is 22.0. The van der Waals surface area contributed by atoms with E-state index in [4.69, 9.17) is 0 Å². The Morgan fingerprint density at radius 2 is 1.62 bits per heavy atom. The first-order valence-electron chi connectivity index (χ1n) is 15.8. The maximum atomic E-state index is 14.3. The van der Waals surface area contributed by atoms with Crippen LogP contribution in [0.5, 0.6) is 5.75 Å². The van der Waals surface area contributed by atoms with Crippen LogP contribution in [0.25, 0.3) is 22.0 Å². The van der Waals surface area contributed by atoms with Crippen LogP contribution >= 0.6 is 0 Å². The van der Waals surface area contributed by atoms with Crippen molar-refractivity contribution in [1.29, 1.82) is 0 Å². The first kappa shape index (κ1) is 29.1. The Hall–Kier alpha value is -4.66. The molecular formula is C37H38FN5O2. The standard InChI is InChI=1S/C37H38FN5O2/c38-29-10-13-35(44)32(24-29)36(34-23-27-4-1-2-7-33(27)40-34)41-37(45)28-6-3-5-26(22-28)25-8-11-30(12-9-25)42-18-20-43(21-19-42)31-14-16-39-17-15-31/h1-13,22-24,31,36,39-40,44H,14-21H2,(H,41,45). The molecule has 5 aromatic rings. The lowest BCUT2D eigenvalue weighted by molar-refractivity contribution is 0.0942. The summed E-state index contributed by atoms with van der Waals surface area (Å²) in [5.74, 6) is -0.915. The number of phenols is 1. The summed E-state index contributed by atoms with van der Waals surface area (Å²) in [5.41, 5.74) is 5.46. The van der Waals surface area contributed by atoms with E-state index in [2.05, 4.69) is 49.7 Å². The molecule has 4 aromatic carbocycles. The van der Waals surface area contributed by atoms with Crippen LogP contribution in [-0.4, -0.2) is 66.2 Å². The fourth-order valence-corrected chi connectivity index (χ4v) is 6.77. The number of H-pyrrole nitrogens is 1. The highest BCUT2D eigenvalue weighted by molar-refractivity contribution is 5.96. The van der Waals surface area contributed by atoms with E-state index in [0.717, 1.165) is 61.3 Å². The summed E-state index contributed by atoms with van der Waals surface area (Å²) in [7, 11) is 0. The zero-order chi connectivity index (χ0) is 30.8. The normalized spacial score (nSPS) is 17.0. The van der Waals surface area contributed by atoms with Gasteiger partial charge < -0.3 is 25.6 Å². The number of piperidine rings is 1. The molecule has 1 amide bonds. The van der Waals surface area contributed by atoms with Gasteiger partial charge >= 0.3 is 0 Å². The van der Waals surface area contributed by atoms with E-state index in [1.54, 1.807) is 6.07 Å². The molecule has 7 nitrogen and oxygen atoms in total. The summed E-state index contributed by atoms with van der Waals surface area (Å²) in [5, 5.41) is 18.1. The van der Waals surface area contributed by atoms with Crippen molar-refractivity contribution < 1.29 is 14.3 Å². The number of nitrogens with one attached hydrogen (secondary N) is 3. The van der Waals surface area contributed by atoms with E-state index in [1.165, 1.54) is 36.7 Å². The van der Waals surface area contributed by atoms with E-state index >= 15 is 0 Å². The highest BCUT2D eigenvalue weighted by Gasteiger charge is 2.26. The first-order valence-corrected chi connectivity index (χ1v) is 15.8. The van der Waals surface area contributed by atoms with Crippen molar-refractivity contribution in [2.24, 2.45) is 0 Å². The van der Waals surface area contributed by atoms with Crippen LogP contribution in [0.1, 0.15) is 40.5 Å². The molecule has 2 saturated heterocycles. The Labute approximate surface area is 262 Å². The summed E-state index contributed by atoms with van der Waals surface area (Å²) in [6.07, 6.45) is 2.48. The molecule has 7 rings (SSSR count). The molecule has 230 valence electrons. The van der Waals surface area contributed by atoms with Gasteiger partial charge in [-0.3, -0.25) is 9.69 Å². The van der Waals surface area contributed by atoms with E-state index < -0.39 is 11.9 Å². The molecule has 1 unspecified atom stereocenters. The number of nitrogens with zero attached hydrogens (tertiary/aromatic N) is 2. The smallest absolute Gasteiger partial charge is 0.252 e. The predicted octanol–water partition coefficient (Wildman–Crippen LogP) is 6.07. The van der Waals surface area contributed by atoms with Gasteiger partial charge in [0.2, 0.25) is 0 Å². The van der Waals surface area contributed by atoms with Crippen molar-refractivity contribution in [3.05, 3.63) is 120 Å². The van der Waals surface area contributed by atoms with Crippen molar-refractivity contribution in [3.63, 3.8) is 0 Å². The minimum Gasteiger partial charge on any atom is -0.508 e. The molecule has 1 atom stereocenters. The van der Waals surface area contributed by atoms with Crippen LogP contribution in [0.2, 0.25) is 0 Å². The second kappa shape index (κ2) is 12.8. The lowest BCUT2D eigenvalue weighted by atomic mass is 10.00. The number of amides is 1. The quantitative estimate of drug-likeness (QED) is 0.182. The van der Waals surface area contributed by atoms with Gasteiger partial charge in [-0.1, -0.05) is 42.5 Å². The number of para-hydroxylation sites is 1. The molecule has 0 aliphatic carbocycles. The van der Waals surface area contributed by atoms with Crippen LogP contribution in [-0.2, 0) is 0 Å². The van der Waals surface area contributed by atoms with Crippen LogP contribution in [0.15, 0.2) is 97.1 Å². The Balaban J connectivity index is 1.08. The highest BCUT2D eigenvalue weighted by atomic mass is 19.1. The number of piperazine rings is 1. The van der Waals surface area contributed by atoms with E-state index in [1.807, 2.05) is 48.5 Å². The third-order valence-electron chi connectivity index (χ3n) is 9.27. The van der Waals surface area contributed by atoms with Gasteiger partial charge in [-0.05, 0) is 97.0 Å². The van der Waals surface area contributed by atoms with Gasteiger partial charge in [0.25, 0.3) is 5.91 Å². The topological polar surface area (TPSA) is 83.6 Å². The van der Waals surface area contributed by atoms with E-state index in [-0.39, 0.29) is 17.2 Å². The monoisotopic (exact) mass is 603 g/mol. The van der Waals surface area contributed by atoms with E-state index in [9.17, 15) is 14.3 Å². The summed E-state index contributed by atoms with van der Waals surface area (Å²) in [6, 6.07) is 29.4. The van der Waals surface area contributed by atoms with Gasteiger partial charge in [0.1, 0.15) is 11.6 Å². The number of hydrogen-bond acceptors (Lipinski definition) is 5. The van der Waals surface area contributed by atoms with Gasteiger partial charge in [-0.2, -0.15) is 0 Å². The van der Waals surface area contributed by atoms with Crippen molar-refractivity contribution in [1.82, 2.24) is 20.5 Å². The molecule has 2 aliphatic heterocycles. The average Bonchev–Trinajstić information content (AvgIpc) is 3.53. The van der Waals surface area contributed by atoms with Crippen molar-refractivity contribution in [2.75, 3.05) is 44.2 Å². The number of aromatic amines is 1. The minimum absolute atomic E-state index is 0.0955. The molecule has 2 aliphatic rings. The second-order valence-electron chi connectivity index (χ2n) is 12.1. The molecular weight excluding hydrogens is 565 g/mol. The molecule has 0 saturated carbocycles. The molecule has 3 heterocycles. The molecule has 0 bridgehead atoms. The fourth-order valence-electron chi connectivity index (χ4n) is 6.77. The SMILES string of the molecule is O=C(NC(c1cc2ccccc2[nH]1)c1cc(F)ccc1O)c1cccc(-c2ccc(N3CCN(C4CCNCC4)CC3)cc2)c1. The summed E-state index contributed by atoms with van der Waals surface area (Å²) in [4.78, 5) is 22.1. The minimum atomic E-state index is -0.793. The number of anilines is 1. The Morgan fingerprint density at radius 3 is 2.40 bits per heavy atom. The number of benzene rings is 4. The lowest BCUT2D eigenvalue weighted by Crippen LogP contribution is -2.52. The predicted molar refractivity (Wildman–Crippen MR) is 177 cm³/mol. The number of carbonyl (C=O) groups excluding carboxylic acids is 1. The molecule has 2 fully saturated rings. The number of phenolic OH excluding ortho intramolecular Hbond substituents is 1. The van der Waals surface area contributed by atoms with Gasteiger partial charge in [0, 0.05) is 60.2 Å². The molecule has 0 radical (unpaired) electrons. The zero-order valence-corrected chi connectivity index (χ0v) is 25.2. The summed E-state index contributed by atoms with van der Waals surface area (Å²) < 4.78 is 14.3. The maximum Gasteiger partial charge on any atom is 0.252 e. The van der Waals surface area contributed by atoms with Crippen molar-refractivity contribution >= 4 is 22.5 Å². The van der Waals surface area contributed by atoms with Crippen LogP contribution in [0.4, 0.5) is 10.1 Å². The third kappa shape index (κ3) is 6.30. The summed E-state index contributed by atoms with van der Waals surface area (Å²) >= 11 is 0. The van der Waals surface area contributed by atoms with Gasteiger partial charge in [-0.25, -0.2) is 4.39 Å². The number of carbonyl (C=O) groups is 1. The van der Waals surface area contributed by atoms with Crippen LogP contribution < -0.4 is 15.5 Å². The second-order valence-corrected chi connectivity index (χ2v) is 12.1. The largest absolute Gasteiger partial charge is 0.508 e. The number of aromatic nitrogens is 1. The molecule has 4 N–H and O–H groups in total. The molecule has 0 spiro atoms. The average molecular weight is 604 g/mol. The Kier molecular flexibility index (Phi) is 8.24. The number of aromatic hydroxyl groups is 1. The molecule has 1 aromatic heterocycles. The Bertz CT molecular complexity index is 1760. The number of halogens is 1.